The molecule has 0 spiro atoms. The number of ether oxygens (including phenoxy) is 1. The van der Waals surface area contributed by atoms with Gasteiger partial charge in [0, 0.05) is 0 Å². The average molecular weight is 398 g/mol. The van der Waals surface area contributed by atoms with Gasteiger partial charge >= 0.3 is 12.3 Å². The molecule has 0 bridgehead atoms. The predicted molar refractivity (Wildman–Crippen MR) is 94.7 cm³/mol. The Kier molecular flexibility index (Phi) is 7.22. The van der Waals surface area contributed by atoms with Crippen LogP contribution < -0.4 is 4.74 Å². The molecular weight excluding hydrogens is 377 g/mol. The largest absolute Gasteiger partial charge is 0.487 e. The van der Waals surface area contributed by atoms with Crippen molar-refractivity contribution in [2.75, 3.05) is 6.54 Å². The van der Waals surface area contributed by atoms with E-state index in [1.807, 2.05) is 6.07 Å². The van der Waals surface area contributed by atoms with Gasteiger partial charge in [0.05, 0.1) is 19.2 Å². The summed E-state index contributed by atoms with van der Waals surface area (Å²) in [6.45, 7) is 1.06. The van der Waals surface area contributed by atoms with Gasteiger partial charge in [0.2, 0.25) is 0 Å². The topological polar surface area (TPSA) is 82.9 Å². The highest BCUT2D eigenvalue weighted by Gasteiger charge is 2.33. The normalized spacial score (nSPS) is 12.5. The summed E-state index contributed by atoms with van der Waals surface area (Å²) in [6, 6.07) is 10.9. The summed E-state index contributed by atoms with van der Waals surface area (Å²) in [5, 5.41) is 19.1. The van der Waals surface area contributed by atoms with E-state index >= 15 is 0 Å². The Morgan fingerprint density at radius 1 is 1.21 bits per heavy atom. The van der Waals surface area contributed by atoms with Crippen LogP contribution >= 0.6 is 0 Å². The number of amides is 1. The number of alkyl halides is 3. The molecular formula is C19H21F3N2O4. The van der Waals surface area contributed by atoms with Crippen LogP contribution in [0.1, 0.15) is 30.3 Å². The van der Waals surface area contributed by atoms with Crippen LogP contribution in [0.5, 0.6) is 5.75 Å². The van der Waals surface area contributed by atoms with Gasteiger partial charge in [0.1, 0.15) is 23.7 Å². The summed E-state index contributed by atoms with van der Waals surface area (Å²) in [7, 11) is 0. The number of pyridine rings is 1. The molecule has 2 aromatic rings. The Hall–Kier alpha value is -2.81. The number of aromatic nitrogens is 1. The fourth-order valence-electron chi connectivity index (χ4n) is 2.40. The second-order valence-electron chi connectivity index (χ2n) is 6.14. The molecule has 1 atom stereocenters. The molecule has 1 aromatic carbocycles. The Balaban J connectivity index is 2.29. The molecule has 28 heavy (non-hydrogen) atoms. The third-order valence-corrected chi connectivity index (χ3v) is 3.97. The van der Waals surface area contributed by atoms with Crippen molar-refractivity contribution in [1.29, 1.82) is 0 Å². The summed E-state index contributed by atoms with van der Waals surface area (Å²) in [4.78, 5) is 15.8. The first-order valence-electron chi connectivity index (χ1n) is 8.60. The summed E-state index contributed by atoms with van der Waals surface area (Å²) in [5.41, 5.74) is -0.516. The van der Waals surface area contributed by atoms with Crippen LogP contribution in [0, 0.1) is 0 Å². The zero-order chi connectivity index (χ0) is 20.7. The minimum atomic E-state index is -4.68. The van der Waals surface area contributed by atoms with E-state index in [1.54, 1.807) is 31.2 Å². The van der Waals surface area contributed by atoms with Crippen molar-refractivity contribution < 1.29 is 32.9 Å². The molecule has 9 heteroatoms. The van der Waals surface area contributed by atoms with Gasteiger partial charge in [-0.25, -0.2) is 9.78 Å². The molecule has 0 radical (unpaired) electrons. The Morgan fingerprint density at radius 3 is 2.46 bits per heavy atom. The fourth-order valence-corrected chi connectivity index (χ4v) is 2.40. The monoisotopic (exact) mass is 398 g/mol. The average Bonchev–Trinajstić information content (AvgIpc) is 2.66. The van der Waals surface area contributed by atoms with E-state index in [4.69, 9.17) is 4.74 Å². The first-order valence-corrected chi connectivity index (χ1v) is 8.60. The summed E-state index contributed by atoms with van der Waals surface area (Å²) in [5.74, 6) is 0.0501. The molecule has 6 nitrogen and oxygen atoms in total. The summed E-state index contributed by atoms with van der Waals surface area (Å²) in [6.07, 6.45) is -6.68. The Morgan fingerprint density at radius 2 is 1.89 bits per heavy atom. The quantitative estimate of drug-likeness (QED) is 0.704. The molecule has 2 N–H and O–H groups in total. The maximum Gasteiger partial charge on any atom is 0.433 e. The van der Waals surface area contributed by atoms with E-state index in [9.17, 15) is 28.2 Å². The van der Waals surface area contributed by atoms with Crippen LogP contribution in [0.15, 0.2) is 42.5 Å². The van der Waals surface area contributed by atoms with E-state index in [-0.39, 0.29) is 24.6 Å². The molecule has 152 valence electrons. The van der Waals surface area contributed by atoms with Gasteiger partial charge in [0.15, 0.2) is 0 Å². The molecule has 0 aliphatic rings. The fraction of sp³-hybridized carbons (Fsp3) is 0.368. The molecule has 0 aliphatic heterocycles. The molecule has 0 fully saturated rings. The molecule has 0 aliphatic carbocycles. The van der Waals surface area contributed by atoms with Crippen LogP contribution in [-0.2, 0) is 19.3 Å². The molecule has 2 rings (SSSR count). The van der Waals surface area contributed by atoms with Crippen LogP contribution in [0.2, 0.25) is 0 Å². The predicted octanol–water partition coefficient (Wildman–Crippen LogP) is 3.93. The van der Waals surface area contributed by atoms with Gasteiger partial charge < -0.3 is 14.9 Å². The lowest BCUT2D eigenvalue weighted by Crippen LogP contribution is -2.36. The van der Waals surface area contributed by atoms with Crippen LogP contribution in [-0.4, -0.2) is 38.8 Å². The molecule has 0 saturated carbocycles. The summed E-state index contributed by atoms with van der Waals surface area (Å²) >= 11 is 0. The minimum Gasteiger partial charge on any atom is -0.487 e. The van der Waals surface area contributed by atoms with E-state index in [0.717, 1.165) is 22.6 Å². The first-order chi connectivity index (χ1) is 13.2. The van der Waals surface area contributed by atoms with Gasteiger partial charge in [-0.05, 0) is 24.1 Å². The van der Waals surface area contributed by atoms with Crippen molar-refractivity contribution in [3.8, 4) is 5.75 Å². The van der Waals surface area contributed by atoms with E-state index < -0.39 is 30.6 Å². The zero-order valence-corrected chi connectivity index (χ0v) is 15.2. The van der Waals surface area contributed by atoms with Crippen molar-refractivity contribution in [1.82, 2.24) is 9.88 Å². The molecule has 0 saturated heterocycles. The van der Waals surface area contributed by atoms with Crippen LogP contribution in [0.3, 0.4) is 0 Å². The van der Waals surface area contributed by atoms with Gasteiger partial charge in [-0.2, -0.15) is 13.2 Å². The number of aliphatic hydroxyl groups is 1. The van der Waals surface area contributed by atoms with Crippen molar-refractivity contribution in [3.05, 3.63) is 59.4 Å². The van der Waals surface area contributed by atoms with E-state index in [0.29, 0.717) is 6.42 Å². The van der Waals surface area contributed by atoms with Crippen LogP contribution in [0.25, 0.3) is 0 Å². The van der Waals surface area contributed by atoms with Gasteiger partial charge in [-0.3, -0.25) is 4.90 Å². The molecule has 1 unspecified atom stereocenters. The smallest absolute Gasteiger partial charge is 0.433 e. The number of aliphatic hydroxyl groups excluding tert-OH is 1. The zero-order valence-electron chi connectivity index (χ0n) is 15.2. The maximum atomic E-state index is 13.0. The lowest BCUT2D eigenvalue weighted by atomic mass is 10.2. The lowest BCUT2D eigenvalue weighted by Gasteiger charge is -2.23. The number of nitrogens with zero attached hydrogens (tertiary/aromatic N) is 2. The SMILES string of the molecule is CCC(O)CN(Cc1nc(C(F)(F)F)ccc1OCc1ccccc1)C(=O)O. The Bertz CT molecular complexity index is 784. The second-order valence-corrected chi connectivity index (χ2v) is 6.14. The van der Waals surface area contributed by atoms with Crippen molar-refractivity contribution in [2.45, 2.75) is 38.8 Å². The lowest BCUT2D eigenvalue weighted by molar-refractivity contribution is -0.141. The number of hydrogen-bond donors (Lipinski definition) is 2. The van der Waals surface area contributed by atoms with E-state index in [2.05, 4.69) is 4.98 Å². The minimum absolute atomic E-state index is 0.0501. The number of rotatable bonds is 8. The van der Waals surface area contributed by atoms with E-state index in [1.165, 1.54) is 0 Å². The first kappa shape index (κ1) is 21.5. The van der Waals surface area contributed by atoms with Crippen molar-refractivity contribution >= 4 is 6.09 Å². The van der Waals surface area contributed by atoms with Gasteiger partial charge in [0.25, 0.3) is 0 Å². The van der Waals surface area contributed by atoms with Crippen LogP contribution in [0.4, 0.5) is 18.0 Å². The molecule has 1 heterocycles. The van der Waals surface area contributed by atoms with Crippen molar-refractivity contribution in [2.24, 2.45) is 0 Å². The number of carbonyl (C=O) groups is 1. The maximum absolute atomic E-state index is 13.0. The van der Waals surface area contributed by atoms with Gasteiger partial charge in [-0.15, -0.1) is 0 Å². The third-order valence-electron chi connectivity index (χ3n) is 3.97. The highest BCUT2D eigenvalue weighted by atomic mass is 19.4. The standard InChI is InChI=1S/C19H21F3N2O4/c1-2-14(25)10-24(18(26)27)11-15-16(8-9-17(23-15)19(20,21)22)28-12-13-6-4-3-5-7-13/h3-9,14,25H,2,10-12H2,1H3,(H,26,27). The highest BCUT2D eigenvalue weighted by molar-refractivity contribution is 5.65. The number of hydrogen-bond acceptors (Lipinski definition) is 4. The molecule has 1 amide bonds. The number of carboxylic acid groups (broad SMARTS) is 1. The highest BCUT2D eigenvalue weighted by Crippen LogP contribution is 2.31. The third kappa shape index (κ3) is 6.12. The number of halogens is 3. The molecule has 1 aromatic heterocycles. The van der Waals surface area contributed by atoms with Gasteiger partial charge in [-0.1, -0.05) is 37.3 Å². The van der Waals surface area contributed by atoms with Crippen molar-refractivity contribution in [3.63, 3.8) is 0 Å². The Labute approximate surface area is 160 Å². The summed E-state index contributed by atoms with van der Waals surface area (Å²) < 4.78 is 44.7. The second kappa shape index (κ2) is 9.41. The number of benzene rings is 1.